The van der Waals surface area contributed by atoms with Gasteiger partial charge in [0.25, 0.3) is 5.91 Å². The van der Waals surface area contributed by atoms with Crippen LogP contribution >= 0.6 is 0 Å². The Bertz CT molecular complexity index is 794. The number of hydrogen-bond acceptors (Lipinski definition) is 6. The van der Waals surface area contributed by atoms with Crippen molar-refractivity contribution in [1.82, 2.24) is 10.3 Å². The zero-order valence-electron chi connectivity index (χ0n) is 15.8. The number of carbonyl (C=O) groups is 2. The number of esters is 1. The molecule has 0 radical (unpaired) electrons. The molecular formula is C20H24N2O5. The fourth-order valence-electron chi connectivity index (χ4n) is 2.51. The molecule has 144 valence electrons. The van der Waals surface area contributed by atoms with E-state index in [2.05, 4.69) is 10.3 Å². The Morgan fingerprint density at radius 3 is 2.41 bits per heavy atom. The van der Waals surface area contributed by atoms with Crippen molar-refractivity contribution in [3.05, 3.63) is 53.9 Å². The van der Waals surface area contributed by atoms with Crippen LogP contribution in [0.3, 0.4) is 0 Å². The molecule has 27 heavy (non-hydrogen) atoms. The minimum atomic E-state index is -0.907. The third kappa shape index (κ3) is 4.97. The van der Waals surface area contributed by atoms with Crippen molar-refractivity contribution in [3.63, 3.8) is 0 Å². The predicted octanol–water partition coefficient (Wildman–Crippen LogP) is 2.65. The molecule has 0 fully saturated rings. The van der Waals surface area contributed by atoms with Gasteiger partial charge in [-0.25, -0.2) is 9.78 Å². The molecule has 7 heteroatoms. The number of nitrogens with zero attached hydrogens (tertiary/aromatic N) is 1. The number of nitrogens with one attached hydrogen (secondary N) is 1. The Morgan fingerprint density at radius 2 is 1.78 bits per heavy atom. The van der Waals surface area contributed by atoms with Crippen LogP contribution in [0, 0.1) is 0 Å². The van der Waals surface area contributed by atoms with Gasteiger partial charge in [-0.2, -0.15) is 0 Å². The van der Waals surface area contributed by atoms with Gasteiger partial charge in [0.2, 0.25) is 0 Å². The van der Waals surface area contributed by atoms with E-state index in [0.29, 0.717) is 0 Å². The van der Waals surface area contributed by atoms with Crippen LogP contribution in [0.15, 0.2) is 42.6 Å². The highest BCUT2D eigenvalue weighted by molar-refractivity contribution is 5.97. The van der Waals surface area contributed by atoms with Crippen molar-refractivity contribution < 1.29 is 24.2 Å². The Kier molecular flexibility index (Phi) is 6.76. The van der Waals surface area contributed by atoms with E-state index in [9.17, 15) is 14.7 Å². The zero-order valence-corrected chi connectivity index (χ0v) is 15.8. The summed E-state index contributed by atoms with van der Waals surface area (Å²) in [5.41, 5.74) is 0.833. The molecule has 0 aliphatic rings. The SMILES string of the molecule is COc1ccnc(C(=O)N[C@@H](C)C(=O)O[C@@H](C)[C@@H](C)c2ccccc2)c1O. The summed E-state index contributed by atoms with van der Waals surface area (Å²) in [7, 11) is 1.37. The quantitative estimate of drug-likeness (QED) is 0.725. The number of pyridine rings is 1. The van der Waals surface area contributed by atoms with Gasteiger partial charge < -0.3 is 19.9 Å². The lowest BCUT2D eigenvalue weighted by molar-refractivity contribution is -0.151. The number of rotatable bonds is 7. The topological polar surface area (TPSA) is 97.8 Å². The smallest absolute Gasteiger partial charge is 0.328 e. The highest BCUT2D eigenvalue weighted by Crippen LogP contribution is 2.27. The number of hydrogen-bond donors (Lipinski definition) is 2. The van der Waals surface area contributed by atoms with Crippen LogP contribution in [0.5, 0.6) is 11.5 Å². The fourth-order valence-corrected chi connectivity index (χ4v) is 2.51. The van der Waals surface area contributed by atoms with Crippen molar-refractivity contribution in [1.29, 1.82) is 0 Å². The summed E-state index contributed by atoms with van der Waals surface area (Å²) in [5, 5.41) is 12.5. The molecule has 0 spiro atoms. The molecule has 2 N–H and O–H groups in total. The Morgan fingerprint density at radius 1 is 1.11 bits per heavy atom. The normalized spacial score (nSPS) is 13.9. The first-order valence-corrected chi connectivity index (χ1v) is 8.63. The van der Waals surface area contributed by atoms with E-state index in [-0.39, 0.29) is 29.2 Å². The van der Waals surface area contributed by atoms with E-state index in [4.69, 9.17) is 9.47 Å². The second-order valence-electron chi connectivity index (χ2n) is 6.25. The molecule has 0 unspecified atom stereocenters. The van der Waals surface area contributed by atoms with Gasteiger partial charge in [0.1, 0.15) is 12.1 Å². The first kappa shape index (κ1) is 20.2. The number of methoxy groups -OCH3 is 1. The first-order chi connectivity index (χ1) is 12.8. The minimum absolute atomic E-state index is 0.00199. The van der Waals surface area contributed by atoms with Crippen molar-refractivity contribution >= 4 is 11.9 Å². The number of ether oxygens (including phenoxy) is 2. The van der Waals surface area contributed by atoms with Crippen LogP contribution in [-0.2, 0) is 9.53 Å². The molecule has 3 atom stereocenters. The largest absolute Gasteiger partial charge is 0.503 e. The van der Waals surface area contributed by atoms with Gasteiger partial charge in [-0.3, -0.25) is 4.79 Å². The summed E-state index contributed by atoms with van der Waals surface area (Å²) >= 11 is 0. The van der Waals surface area contributed by atoms with Gasteiger partial charge in [0, 0.05) is 18.2 Å². The number of amides is 1. The van der Waals surface area contributed by atoms with Crippen LogP contribution in [0.1, 0.15) is 42.7 Å². The molecule has 1 aromatic carbocycles. The number of carbonyl (C=O) groups excluding carboxylic acids is 2. The molecule has 2 aromatic rings. The monoisotopic (exact) mass is 372 g/mol. The summed E-state index contributed by atoms with van der Waals surface area (Å²) in [4.78, 5) is 28.4. The van der Waals surface area contributed by atoms with Crippen molar-refractivity contribution in [2.75, 3.05) is 7.11 Å². The second kappa shape index (κ2) is 9.02. The maximum Gasteiger partial charge on any atom is 0.328 e. The average molecular weight is 372 g/mol. The molecule has 2 rings (SSSR count). The maximum atomic E-state index is 12.3. The highest BCUT2D eigenvalue weighted by Gasteiger charge is 2.25. The van der Waals surface area contributed by atoms with Crippen molar-refractivity contribution in [3.8, 4) is 11.5 Å². The lowest BCUT2D eigenvalue weighted by Crippen LogP contribution is -2.41. The lowest BCUT2D eigenvalue weighted by atomic mass is 9.96. The van der Waals surface area contributed by atoms with Gasteiger partial charge in [-0.05, 0) is 19.4 Å². The summed E-state index contributed by atoms with van der Waals surface area (Å²) in [5.74, 6) is -1.53. The van der Waals surface area contributed by atoms with E-state index in [0.717, 1.165) is 5.56 Å². The molecule has 0 saturated heterocycles. The zero-order chi connectivity index (χ0) is 20.0. The highest BCUT2D eigenvalue weighted by atomic mass is 16.5. The molecule has 0 aliphatic carbocycles. The standard InChI is InChI=1S/C20H24N2O5/c1-12(15-8-6-5-7-9-15)14(3)27-20(25)13(2)22-19(24)17-18(23)16(26-4)10-11-21-17/h5-14,23H,1-4H3,(H,22,24)/t12-,13+,14+/m1/s1. The molecule has 0 aliphatic heterocycles. The predicted molar refractivity (Wildman–Crippen MR) is 99.8 cm³/mol. The minimum Gasteiger partial charge on any atom is -0.503 e. The third-order valence-electron chi connectivity index (χ3n) is 4.35. The van der Waals surface area contributed by atoms with Gasteiger partial charge in [-0.1, -0.05) is 37.3 Å². The Hall–Kier alpha value is -3.09. The van der Waals surface area contributed by atoms with Crippen LogP contribution < -0.4 is 10.1 Å². The Balaban J connectivity index is 1.98. The van der Waals surface area contributed by atoms with Crippen molar-refractivity contribution in [2.45, 2.75) is 38.8 Å². The fraction of sp³-hybridized carbons (Fsp3) is 0.350. The van der Waals surface area contributed by atoms with Gasteiger partial charge >= 0.3 is 5.97 Å². The van der Waals surface area contributed by atoms with E-state index >= 15 is 0 Å². The summed E-state index contributed by atoms with van der Waals surface area (Å²) < 4.78 is 10.4. The average Bonchev–Trinajstić information content (AvgIpc) is 2.67. The third-order valence-corrected chi connectivity index (χ3v) is 4.35. The number of aromatic nitrogens is 1. The van der Waals surface area contributed by atoms with Crippen molar-refractivity contribution in [2.24, 2.45) is 0 Å². The molecule has 1 aromatic heterocycles. The van der Waals surface area contributed by atoms with Gasteiger partial charge in [0.05, 0.1) is 7.11 Å². The molecule has 1 heterocycles. The van der Waals surface area contributed by atoms with Crippen LogP contribution in [0.25, 0.3) is 0 Å². The summed E-state index contributed by atoms with van der Waals surface area (Å²) in [6, 6.07) is 10.2. The van der Waals surface area contributed by atoms with Gasteiger partial charge in [0.15, 0.2) is 17.2 Å². The summed E-state index contributed by atoms with van der Waals surface area (Å²) in [6.45, 7) is 5.28. The van der Waals surface area contributed by atoms with E-state index in [1.165, 1.54) is 26.3 Å². The lowest BCUT2D eigenvalue weighted by Gasteiger charge is -2.23. The van der Waals surface area contributed by atoms with Gasteiger partial charge in [-0.15, -0.1) is 0 Å². The number of benzene rings is 1. The van der Waals surface area contributed by atoms with E-state index < -0.39 is 17.9 Å². The molecule has 7 nitrogen and oxygen atoms in total. The van der Waals surface area contributed by atoms with Crippen LogP contribution in [0.4, 0.5) is 0 Å². The molecule has 0 saturated carbocycles. The first-order valence-electron chi connectivity index (χ1n) is 8.63. The van der Waals surface area contributed by atoms with E-state index in [1.807, 2.05) is 37.3 Å². The summed E-state index contributed by atoms with van der Waals surface area (Å²) in [6.07, 6.45) is 0.961. The second-order valence-corrected chi connectivity index (χ2v) is 6.25. The maximum absolute atomic E-state index is 12.3. The molecule has 0 bridgehead atoms. The van der Waals surface area contributed by atoms with Crippen LogP contribution in [0.2, 0.25) is 0 Å². The van der Waals surface area contributed by atoms with Crippen LogP contribution in [-0.4, -0.2) is 41.2 Å². The molecular weight excluding hydrogens is 348 g/mol. The number of aromatic hydroxyl groups is 1. The molecule has 1 amide bonds. The Labute approximate surface area is 158 Å². The van der Waals surface area contributed by atoms with E-state index in [1.54, 1.807) is 6.92 Å².